The van der Waals surface area contributed by atoms with Crippen LogP contribution in [0.25, 0.3) is 22.0 Å². The van der Waals surface area contributed by atoms with Crippen LogP contribution < -0.4 is 4.57 Å². The molecule has 5 rings (SSSR count). The molecule has 1 aromatic heterocycles. The number of ketones is 1. The normalized spacial score (nSPS) is 13.0. The highest BCUT2D eigenvalue weighted by atomic mass is 16.1. The van der Waals surface area contributed by atoms with E-state index < -0.39 is 0 Å². The second kappa shape index (κ2) is 6.51. The second-order valence-corrected chi connectivity index (χ2v) is 7.13. The van der Waals surface area contributed by atoms with Gasteiger partial charge in [0.2, 0.25) is 5.78 Å². The summed E-state index contributed by atoms with van der Waals surface area (Å²) >= 11 is 0. The van der Waals surface area contributed by atoms with Crippen molar-refractivity contribution in [2.45, 2.75) is 25.9 Å². The van der Waals surface area contributed by atoms with Crippen LogP contribution in [0.15, 0.2) is 79.0 Å². The van der Waals surface area contributed by atoms with Gasteiger partial charge < -0.3 is 0 Å². The summed E-state index contributed by atoms with van der Waals surface area (Å²) in [5, 5.41) is 2.14. The Balaban J connectivity index is 1.54. The molecule has 1 aliphatic rings. The highest BCUT2D eigenvalue weighted by Crippen LogP contribution is 2.25. The summed E-state index contributed by atoms with van der Waals surface area (Å²) < 4.78 is 4.52. The zero-order valence-corrected chi connectivity index (χ0v) is 15.1. The highest BCUT2D eigenvalue weighted by molar-refractivity contribution is 6.07. The number of Topliss-reactive ketones (excluding diaryl/α,β-unsaturated/α-hetero) is 1. The van der Waals surface area contributed by atoms with E-state index in [1.54, 1.807) is 0 Å². The lowest BCUT2D eigenvalue weighted by molar-refractivity contribution is -0.689. The molecule has 0 amide bonds. The summed E-state index contributed by atoms with van der Waals surface area (Å²) in [5.41, 5.74) is 3.21. The van der Waals surface area contributed by atoms with Gasteiger partial charge in [0.05, 0.1) is 13.0 Å². The fraction of sp³-hybridized carbons (Fsp3) is 0.167. The van der Waals surface area contributed by atoms with Crippen LogP contribution in [-0.4, -0.2) is 10.4 Å². The minimum Gasteiger partial charge on any atom is -0.290 e. The van der Waals surface area contributed by atoms with Crippen molar-refractivity contribution in [3.05, 3.63) is 90.4 Å². The van der Waals surface area contributed by atoms with Crippen LogP contribution in [0.5, 0.6) is 0 Å². The monoisotopic (exact) mass is 353 g/mol. The molecule has 0 N–H and O–H groups in total. The highest BCUT2D eigenvalue weighted by Gasteiger charge is 2.29. The topological polar surface area (TPSA) is 25.9 Å². The summed E-state index contributed by atoms with van der Waals surface area (Å²) in [6, 6.07) is 24.5. The molecule has 4 aromatic rings. The first-order chi connectivity index (χ1) is 13.3. The van der Waals surface area contributed by atoms with Crippen LogP contribution in [0, 0.1) is 0 Å². The van der Waals surface area contributed by atoms with Gasteiger partial charge in [-0.25, -0.2) is 9.13 Å². The van der Waals surface area contributed by atoms with Crippen LogP contribution in [0.4, 0.5) is 0 Å². The van der Waals surface area contributed by atoms with E-state index in [4.69, 9.17) is 0 Å². The number of benzene rings is 3. The second-order valence-electron chi connectivity index (χ2n) is 7.13. The lowest BCUT2D eigenvalue weighted by Gasteiger charge is -2.05. The molecule has 2 heterocycles. The van der Waals surface area contributed by atoms with Gasteiger partial charge in [-0.15, -0.1) is 0 Å². The summed E-state index contributed by atoms with van der Waals surface area (Å²) in [5.74, 6) is 1.42. The number of carbonyl (C=O) groups excluding carboxylic acids is 1. The minimum absolute atomic E-state index is 0.164. The summed E-state index contributed by atoms with van der Waals surface area (Å²) in [6.45, 7) is 1.41. The number of nitrogens with zero attached hydrogens (tertiary/aromatic N) is 2. The average Bonchev–Trinajstić information content (AvgIpc) is 3.32. The van der Waals surface area contributed by atoms with Crippen LogP contribution in [-0.2, 0) is 19.5 Å². The fourth-order valence-corrected chi connectivity index (χ4v) is 4.19. The smallest absolute Gasteiger partial charge is 0.257 e. The molecular formula is C24H21N2O+. The van der Waals surface area contributed by atoms with Gasteiger partial charge in [-0.1, -0.05) is 72.8 Å². The van der Waals surface area contributed by atoms with Crippen molar-refractivity contribution in [1.29, 1.82) is 0 Å². The zero-order chi connectivity index (χ0) is 18.2. The number of imidazole rings is 1. The predicted molar refractivity (Wildman–Crippen MR) is 107 cm³/mol. The van der Waals surface area contributed by atoms with E-state index in [0.717, 1.165) is 35.7 Å². The molecule has 0 aliphatic carbocycles. The van der Waals surface area contributed by atoms with E-state index in [-0.39, 0.29) is 5.78 Å². The first kappa shape index (κ1) is 16.0. The molecular weight excluding hydrogens is 332 g/mol. The molecule has 0 atom stereocenters. The van der Waals surface area contributed by atoms with Crippen LogP contribution in [0.3, 0.4) is 0 Å². The van der Waals surface area contributed by atoms with Crippen LogP contribution >= 0.6 is 0 Å². The molecule has 0 radical (unpaired) electrons. The third-order valence-corrected chi connectivity index (χ3v) is 5.47. The molecule has 3 heteroatoms. The molecule has 3 aromatic carbocycles. The third kappa shape index (κ3) is 2.76. The molecule has 27 heavy (non-hydrogen) atoms. The molecule has 0 fully saturated rings. The van der Waals surface area contributed by atoms with E-state index >= 15 is 0 Å². The Morgan fingerprint density at radius 1 is 0.926 bits per heavy atom. The van der Waals surface area contributed by atoms with Gasteiger partial charge in [-0.2, -0.15) is 0 Å². The van der Waals surface area contributed by atoms with E-state index in [9.17, 15) is 4.79 Å². The van der Waals surface area contributed by atoms with Crippen molar-refractivity contribution in [3.8, 4) is 11.3 Å². The number of hydrogen-bond donors (Lipinski definition) is 0. The van der Waals surface area contributed by atoms with Crippen molar-refractivity contribution in [3.63, 3.8) is 0 Å². The largest absolute Gasteiger partial charge is 0.290 e. The first-order valence-electron chi connectivity index (χ1n) is 9.49. The molecule has 132 valence electrons. The molecule has 0 unspecified atom stereocenters. The Morgan fingerprint density at radius 3 is 2.59 bits per heavy atom. The quantitative estimate of drug-likeness (QED) is 0.394. The lowest BCUT2D eigenvalue weighted by atomic mass is 10.0. The van der Waals surface area contributed by atoms with E-state index in [2.05, 4.69) is 51.7 Å². The average molecular weight is 353 g/mol. The van der Waals surface area contributed by atoms with Crippen LogP contribution in [0.1, 0.15) is 22.6 Å². The fourth-order valence-electron chi connectivity index (χ4n) is 4.19. The molecule has 0 bridgehead atoms. The van der Waals surface area contributed by atoms with Gasteiger partial charge in [0.1, 0.15) is 6.20 Å². The Labute approximate surface area is 158 Å². The maximum atomic E-state index is 13.1. The molecule has 3 nitrogen and oxygen atoms in total. The third-order valence-electron chi connectivity index (χ3n) is 5.47. The van der Waals surface area contributed by atoms with Gasteiger partial charge in [0.15, 0.2) is 12.2 Å². The Kier molecular flexibility index (Phi) is 3.86. The van der Waals surface area contributed by atoms with Crippen molar-refractivity contribution in [1.82, 2.24) is 4.57 Å². The van der Waals surface area contributed by atoms with Crippen LogP contribution in [0.2, 0.25) is 0 Å². The van der Waals surface area contributed by atoms with Crippen molar-refractivity contribution in [2.24, 2.45) is 0 Å². The number of rotatable bonds is 4. The van der Waals surface area contributed by atoms with Crippen molar-refractivity contribution >= 4 is 16.6 Å². The van der Waals surface area contributed by atoms with Gasteiger partial charge in [-0.3, -0.25) is 4.79 Å². The Morgan fingerprint density at radius 2 is 1.70 bits per heavy atom. The SMILES string of the molecule is O=C(C[n+]1cc(-c2ccccc2)n2c1CCC2)c1cccc2ccccc12. The van der Waals surface area contributed by atoms with E-state index in [1.165, 1.54) is 17.1 Å². The van der Waals surface area contributed by atoms with Gasteiger partial charge in [0, 0.05) is 11.1 Å². The standard InChI is InChI=1S/C24H21N2O/c27-23(21-13-6-11-18-8-4-5-12-20(18)21)17-25-16-22(19-9-2-1-3-10-19)26-15-7-14-24(25)26/h1-6,8-13,16H,7,14-15,17H2/q+1. The number of fused-ring (bicyclic) bond motifs is 2. The van der Waals surface area contributed by atoms with Gasteiger partial charge >= 0.3 is 0 Å². The Bertz CT molecular complexity index is 1140. The predicted octanol–water partition coefficient (Wildman–Crippen LogP) is 4.42. The van der Waals surface area contributed by atoms with Gasteiger partial charge in [-0.05, 0) is 17.2 Å². The molecule has 0 saturated heterocycles. The minimum atomic E-state index is 0.164. The first-order valence-corrected chi connectivity index (χ1v) is 9.49. The molecule has 0 saturated carbocycles. The summed E-state index contributed by atoms with van der Waals surface area (Å²) in [4.78, 5) is 13.1. The zero-order valence-electron chi connectivity index (χ0n) is 15.1. The molecule has 0 spiro atoms. The van der Waals surface area contributed by atoms with E-state index in [0.29, 0.717) is 6.54 Å². The number of hydrogen-bond acceptors (Lipinski definition) is 1. The lowest BCUT2D eigenvalue weighted by Crippen LogP contribution is -2.40. The summed E-state index contributed by atoms with van der Waals surface area (Å²) in [6.07, 6.45) is 4.31. The molecule has 1 aliphatic heterocycles. The number of aromatic nitrogens is 2. The van der Waals surface area contributed by atoms with Crippen molar-refractivity contribution < 1.29 is 9.36 Å². The number of carbonyl (C=O) groups is 1. The maximum Gasteiger partial charge on any atom is 0.257 e. The summed E-state index contributed by atoms with van der Waals surface area (Å²) in [7, 11) is 0. The van der Waals surface area contributed by atoms with Gasteiger partial charge in [0.25, 0.3) is 5.82 Å². The van der Waals surface area contributed by atoms with E-state index in [1.807, 2.05) is 36.4 Å². The van der Waals surface area contributed by atoms with Crippen molar-refractivity contribution in [2.75, 3.05) is 0 Å². The Hall–Kier alpha value is -3.20. The maximum absolute atomic E-state index is 13.1.